The van der Waals surface area contributed by atoms with Gasteiger partial charge in [-0.3, -0.25) is 0 Å². The summed E-state index contributed by atoms with van der Waals surface area (Å²) in [5, 5.41) is 0. The van der Waals surface area contributed by atoms with Gasteiger partial charge in [0.15, 0.2) is 0 Å². The van der Waals surface area contributed by atoms with Gasteiger partial charge in [0.25, 0.3) is 0 Å². The van der Waals surface area contributed by atoms with Gasteiger partial charge in [-0.15, -0.1) is 0 Å². The molecule has 2 fully saturated rings. The minimum Gasteiger partial charge on any atom is -0.302 e. The van der Waals surface area contributed by atoms with E-state index in [-0.39, 0.29) is 0 Å². The van der Waals surface area contributed by atoms with Crippen LogP contribution in [0.15, 0.2) is 0 Å². The fraction of sp³-hybridized carbons (Fsp3) is 1.00. The lowest BCUT2D eigenvalue weighted by Gasteiger charge is -2.47. The Hall–Kier alpha value is -0.0400. The molecule has 0 atom stereocenters. The number of rotatable bonds is 2. The summed E-state index contributed by atoms with van der Waals surface area (Å²) in [4.78, 5) is 2.65. The maximum atomic E-state index is 2.65. The first-order valence-corrected chi connectivity index (χ1v) is 5.88. The lowest BCUT2D eigenvalue weighted by atomic mass is 9.82. The summed E-state index contributed by atoms with van der Waals surface area (Å²) in [6, 6.07) is 0. The van der Waals surface area contributed by atoms with E-state index < -0.39 is 0 Å². The van der Waals surface area contributed by atoms with E-state index in [9.17, 15) is 0 Å². The van der Waals surface area contributed by atoms with Crippen LogP contribution in [0, 0.1) is 11.3 Å². The minimum atomic E-state index is 0.620. The van der Waals surface area contributed by atoms with E-state index in [0.717, 1.165) is 5.92 Å². The Kier molecular flexibility index (Phi) is 2.64. The van der Waals surface area contributed by atoms with Gasteiger partial charge in [-0.25, -0.2) is 0 Å². The number of hydrogen-bond acceptors (Lipinski definition) is 1. The second-order valence-electron chi connectivity index (χ2n) is 5.84. The van der Waals surface area contributed by atoms with E-state index >= 15 is 0 Å². The molecular weight excluding hydrogens is 158 g/mol. The smallest absolute Gasteiger partial charge is 0.00453 e. The quantitative estimate of drug-likeness (QED) is 0.633. The fourth-order valence-electron chi connectivity index (χ4n) is 3.03. The van der Waals surface area contributed by atoms with Crippen LogP contribution in [0.4, 0.5) is 0 Å². The average molecular weight is 181 g/mol. The molecule has 2 aliphatic rings. The number of likely N-dealkylation sites (tertiary alicyclic amines) is 1. The molecule has 0 aromatic rings. The Bertz CT molecular complexity index is 160. The Morgan fingerprint density at radius 1 is 1.08 bits per heavy atom. The molecule has 0 unspecified atom stereocenters. The van der Waals surface area contributed by atoms with Crippen molar-refractivity contribution in [3.63, 3.8) is 0 Å². The Labute approximate surface area is 82.5 Å². The van der Waals surface area contributed by atoms with Crippen molar-refractivity contribution in [3.05, 3.63) is 0 Å². The van der Waals surface area contributed by atoms with Crippen LogP contribution in [-0.4, -0.2) is 24.5 Å². The molecule has 1 heteroatoms. The van der Waals surface area contributed by atoms with Crippen molar-refractivity contribution in [3.8, 4) is 0 Å². The maximum Gasteiger partial charge on any atom is 0.00453 e. The van der Waals surface area contributed by atoms with Gasteiger partial charge in [0.05, 0.1) is 0 Å². The molecule has 0 N–H and O–H groups in total. The topological polar surface area (TPSA) is 3.24 Å². The Morgan fingerprint density at radius 2 is 1.69 bits per heavy atom. The first-order chi connectivity index (χ1) is 6.16. The summed E-state index contributed by atoms with van der Waals surface area (Å²) in [6.07, 6.45) is 7.46. The molecule has 13 heavy (non-hydrogen) atoms. The van der Waals surface area contributed by atoms with Crippen molar-refractivity contribution in [2.24, 2.45) is 11.3 Å². The van der Waals surface area contributed by atoms with Crippen LogP contribution < -0.4 is 0 Å². The van der Waals surface area contributed by atoms with E-state index in [1.54, 1.807) is 0 Å². The van der Waals surface area contributed by atoms with Gasteiger partial charge >= 0.3 is 0 Å². The van der Waals surface area contributed by atoms with Crippen molar-refractivity contribution in [2.75, 3.05) is 19.6 Å². The third kappa shape index (κ3) is 2.46. The Morgan fingerprint density at radius 3 is 2.23 bits per heavy atom. The van der Waals surface area contributed by atoms with Gasteiger partial charge < -0.3 is 4.90 Å². The summed E-state index contributed by atoms with van der Waals surface area (Å²) in [5.74, 6) is 1.03. The van der Waals surface area contributed by atoms with Crippen LogP contribution in [0.3, 0.4) is 0 Å². The first kappa shape index (κ1) is 9.51. The first-order valence-electron chi connectivity index (χ1n) is 5.88. The van der Waals surface area contributed by atoms with E-state index in [1.165, 1.54) is 51.7 Å². The van der Waals surface area contributed by atoms with Gasteiger partial charge in [-0.2, -0.15) is 0 Å². The van der Waals surface area contributed by atoms with Crippen molar-refractivity contribution in [2.45, 2.75) is 46.0 Å². The van der Waals surface area contributed by atoms with Crippen LogP contribution in [0.25, 0.3) is 0 Å². The lowest BCUT2D eigenvalue weighted by molar-refractivity contribution is 0.0136. The van der Waals surface area contributed by atoms with Gasteiger partial charge in [-0.1, -0.05) is 33.1 Å². The van der Waals surface area contributed by atoms with E-state index in [0.29, 0.717) is 5.41 Å². The van der Waals surface area contributed by atoms with Crippen LogP contribution in [0.5, 0.6) is 0 Å². The van der Waals surface area contributed by atoms with E-state index in [1.807, 2.05) is 0 Å². The predicted molar refractivity (Wildman–Crippen MR) is 56.8 cm³/mol. The maximum absolute atomic E-state index is 2.65. The van der Waals surface area contributed by atoms with Crippen LogP contribution in [-0.2, 0) is 0 Å². The summed E-state index contributed by atoms with van der Waals surface area (Å²) in [6.45, 7) is 8.82. The van der Waals surface area contributed by atoms with E-state index in [4.69, 9.17) is 0 Å². The zero-order valence-electron chi connectivity index (χ0n) is 9.18. The summed E-state index contributed by atoms with van der Waals surface area (Å²) < 4.78 is 0. The lowest BCUT2D eigenvalue weighted by Crippen LogP contribution is -2.54. The molecule has 0 aromatic heterocycles. The molecule has 76 valence electrons. The van der Waals surface area contributed by atoms with E-state index in [2.05, 4.69) is 18.7 Å². The SMILES string of the molecule is CC1(C)CN(CC2CCCCC2)C1. The van der Waals surface area contributed by atoms with Crippen LogP contribution in [0.2, 0.25) is 0 Å². The summed E-state index contributed by atoms with van der Waals surface area (Å²) in [7, 11) is 0. The molecule has 1 saturated heterocycles. The van der Waals surface area contributed by atoms with Crippen molar-refractivity contribution >= 4 is 0 Å². The third-order valence-electron chi connectivity index (χ3n) is 3.54. The highest BCUT2D eigenvalue weighted by molar-refractivity contribution is 4.88. The molecule has 0 aromatic carbocycles. The number of hydrogen-bond donors (Lipinski definition) is 0. The third-order valence-corrected chi connectivity index (χ3v) is 3.54. The fourth-order valence-corrected chi connectivity index (χ4v) is 3.03. The molecule has 1 heterocycles. The van der Waals surface area contributed by atoms with Crippen molar-refractivity contribution < 1.29 is 0 Å². The molecule has 1 saturated carbocycles. The standard InChI is InChI=1S/C12H23N/c1-12(2)9-13(10-12)8-11-6-4-3-5-7-11/h11H,3-10H2,1-2H3. The van der Waals surface area contributed by atoms with Crippen molar-refractivity contribution in [1.29, 1.82) is 0 Å². The van der Waals surface area contributed by atoms with Gasteiger partial charge in [-0.05, 0) is 24.2 Å². The molecular formula is C12H23N. The van der Waals surface area contributed by atoms with Gasteiger partial charge in [0.1, 0.15) is 0 Å². The molecule has 1 nitrogen and oxygen atoms in total. The van der Waals surface area contributed by atoms with Gasteiger partial charge in [0.2, 0.25) is 0 Å². The molecule has 2 rings (SSSR count). The number of nitrogens with zero attached hydrogens (tertiary/aromatic N) is 1. The zero-order valence-corrected chi connectivity index (χ0v) is 9.18. The monoisotopic (exact) mass is 181 g/mol. The van der Waals surface area contributed by atoms with Crippen LogP contribution >= 0.6 is 0 Å². The minimum absolute atomic E-state index is 0.620. The second kappa shape index (κ2) is 3.61. The summed E-state index contributed by atoms with van der Waals surface area (Å²) in [5.41, 5.74) is 0.620. The molecule has 1 aliphatic heterocycles. The molecule has 0 spiro atoms. The predicted octanol–water partition coefficient (Wildman–Crippen LogP) is 2.91. The largest absolute Gasteiger partial charge is 0.302 e. The highest BCUT2D eigenvalue weighted by atomic mass is 15.2. The zero-order chi connectivity index (χ0) is 9.31. The molecule has 0 amide bonds. The normalized spacial score (nSPS) is 30.0. The highest BCUT2D eigenvalue weighted by Crippen LogP contribution is 2.32. The average Bonchev–Trinajstić information content (AvgIpc) is 2.03. The van der Waals surface area contributed by atoms with Crippen LogP contribution in [0.1, 0.15) is 46.0 Å². The summed E-state index contributed by atoms with van der Waals surface area (Å²) >= 11 is 0. The molecule has 1 aliphatic carbocycles. The van der Waals surface area contributed by atoms with Crippen molar-refractivity contribution in [1.82, 2.24) is 4.90 Å². The molecule has 0 radical (unpaired) electrons. The second-order valence-corrected chi connectivity index (χ2v) is 5.84. The Balaban J connectivity index is 1.68. The highest BCUT2D eigenvalue weighted by Gasteiger charge is 2.34. The van der Waals surface area contributed by atoms with Gasteiger partial charge in [0, 0.05) is 19.6 Å². The molecule has 0 bridgehead atoms.